The predicted octanol–water partition coefficient (Wildman–Crippen LogP) is 2.19. The molecule has 1 N–H and O–H groups in total. The number of esters is 1. The summed E-state index contributed by atoms with van der Waals surface area (Å²) in [6, 6.07) is 9.84. The molecule has 1 aromatic carbocycles. The summed E-state index contributed by atoms with van der Waals surface area (Å²) >= 11 is 1.77. The van der Waals surface area contributed by atoms with Crippen molar-refractivity contribution < 1.29 is 14.3 Å². The summed E-state index contributed by atoms with van der Waals surface area (Å²) < 4.78 is 10.3. The molecule has 1 aliphatic rings. The number of hydrogen-bond donors (Lipinski definition) is 1. The fraction of sp³-hybridized carbons (Fsp3) is 0.562. The Morgan fingerprint density at radius 1 is 1.43 bits per heavy atom. The van der Waals surface area contributed by atoms with Crippen LogP contribution in [0.2, 0.25) is 0 Å². The van der Waals surface area contributed by atoms with Gasteiger partial charge in [0.05, 0.1) is 25.6 Å². The highest BCUT2D eigenvalue weighted by Gasteiger charge is 2.42. The lowest BCUT2D eigenvalue weighted by Gasteiger charge is -2.35. The molecule has 2 rings (SSSR count). The van der Waals surface area contributed by atoms with Crippen LogP contribution in [0.5, 0.6) is 0 Å². The van der Waals surface area contributed by atoms with Gasteiger partial charge in [0.1, 0.15) is 0 Å². The second-order valence-electron chi connectivity index (χ2n) is 5.16. The standard InChI is InChI=1S/C16H23NO3S/c1-3-9-17-16(15(18)19-2,12-21-14-10-20-11-14)13-7-5-4-6-8-13/h4-8,14,17H,3,9-12H2,1-2H3. The van der Waals surface area contributed by atoms with Crippen molar-refractivity contribution in [1.82, 2.24) is 5.32 Å². The lowest BCUT2D eigenvalue weighted by Crippen LogP contribution is -2.53. The Balaban J connectivity index is 2.24. The molecule has 0 aromatic heterocycles. The van der Waals surface area contributed by atoms with Crippen molar-refractivity contribution in [2.24, 2.45) is 0 Å². The Morgan fingerprint density at radius 2 is 2.14 bits per heavy atom. The summed E-state index contributed by atoms with van der Waals surface area (Å²) in [5.74, 6) is 0.424. The number of thioether (sulfide) groups is 1. The quantitative estimate of drug-likeness (QED) is 0.746. The molecule has 5 heteroatoms. The monoisotopic (exact) mass is 309 g/mol. The Kier molecular flexibility index (Phi) is 6.08. The molecule has 1 fully saturated rings. The Bertz CT molecular complexity index is 450. The number of methoxy groups -OCH3 is 1. The van der Waals surface area contributed by atoms with Gasteiger partial charge in [0.2, 0.25) is 0 Å². The van der Waals surface area contributed by atoms with E-state index in [1.165, 1.54) is 7.11 Å². The van der Waals surface area contributed by atoms with Gasteiger partial charge in [-0.1, -0.05) is 37.3 Å². The van der Waals surface area contributed by atoms with Crippen LogP contribution < -0.4 is 5.32 Å². The normalized spacial score (nSPS) is 17.8. The van der Waals surface area contributed by atoms with Gasteiger partial charge >= 0.3 is 5.97 Å². The van der Waals surface area contributed by atoms with Crippen molar-refractivity contribution in [3.8, 4) is 0 Å². The Hall–Kier alpha value is -1.04. The zero-order valence-electron chi connectivity index (χ0n) is 12.6. The number of nitrogens with one attached hydrogen (secondary N) is 1. The SMILES string of the molecule is CCCNC(CSC1COC1)(C(=O)OC)c1ccccc1. The topological polar surface area (TPSA) is 47.6 Å². The van der Waals surface area contributed by atoms with E-state index in [0.29, 0.717) is 11.0 Å². The number of benzene rings is 1. The molecule has 4 nitrogen and oxygen atoms in total. The fourth-order valence-corrected chi connectivity index (χ4v) is 3.53. The van der Waals surface area contributed by atoms with Crippen molar-refractivity contribution >= 4 is 17.7 Å². The van der Waals surface area contributed by atoms with E-state index in [0.717, 1.165) is 31.7 Å². The molecule has 0 bridgehead atoms. The minimum Gasteiger partial charge on any atom is -0.467 e. The molecule has 0 saturated carbocycles. The average Bonchev–Trinajstić information content (AvgIpc) is 2.49. The maximum Gasteiger partial charge on any atom is 0.331 e. The van der Waals surface area contributed by atoms with Gasteiger partial charge in [-0.05, 0) is 18.5 Å². The number of carbonyl (C=O) groups is 1. The molecule has 116 valence electrons. The van der Waals surface area contributed by atoms with Crippen molar-refractivity contribution in [2.45, 2.75) is 24.1 Å². The summed E-state index contributed by atoms with van der Waals surface area (Å²) in [5, 5.41) is 3.89. The summed E-state index contributed by atoms with van der Waals surface area (Å²) in [6.45, 7) is 4.40. The predicted molar refractivity (Wildman–Crippen MR) is 85.5 cm³/mol. The molecule has 0 spiro atoms. The van der Waals surface area contributed by atoms with Gasteiger partial charge in [-0.25, -0.2) is 4.79 Å². The lowest BCUT2D eigenvalue weighted by molar-refractivity contribution is -0.148. The van der Waals surface area contributed by atoms with Crippen molar-refractivity contribution in [2.75, 3.05) is 32.6 Å². The van der Waals surface area contributed by atoms with E-state index in [2.05, 4.69) is 12.2 Å². The van der Waals surface area contributed by atoms with Crippen LogP contribution in [0, 0.1) is 0 Å². The van der Waals surface area contributed by atoms with Gasteiger partial charge in [0.25, 0.3) is 0 Å². The van der Waals surface area contributed by atoms with Crippen LogP contribution in [0.25, 0.3) is 0 Å². The molecule has 1 aliphatic heterocycles. The van der Waals surface area contributed by atoms with Gasteiger partial charge in [-0.3, -0.25) is 5.32 Å². The second kappa shape index (κ2) is 7.82. The first-order valence-electron chi connectivity index (χ1n) is 7.31. The third kappa shape index (κ3) is 3.78. The molecule has 1 atom stereocenters. The molecular formula is C16H23NO3S. The van der Waals surface area contributed by atoms with Crippen LogP contribution >= 0.6 is 11.8 Å². The van der Waals surface area contributed by atoms with Gasteiger partial charge in [0.15, 0.2) is 5.54 Å². The maximum absolute atomic E-state index is 12.5. The first kappa shape index (κ1) is 16.3. The molecule has 1 saturated heterocycles. The second-order valence-corrected chi connectivity index (χ2v) is 6.45. The lowest BCUT2D eigenvalue weighted by atomic mass is 9.91. The summed E-state index contributed by atoms with van der Waals surface area (Å²) in [7, 11) is 1.45. The van der Waals surface area contributed by atoms with Crippen LogP contribution in [0.3, 0.4) is 0 Å². The highest BCUT2D eigenvalue weighted by Crippen LogP contribution is 2.31. The van der Waals surface area contributed by atoms with E-state index >= 15 is 0 Å². The summed E-state index contributed by atoms with van der Waals surface area (Å²) in [4.78, 5) is 12.5. The number of rotatable bonds is 8. The van der Waals surface area contributed by atoms with E-state index in [1.54, 1.807) is 11.8 Å². The fourth-order valence-electron chi connectivity index (χ4n) is 2.27. The summed E-state index contributed by atoms with van der Waals surface area (Å²) in [6.07, 6.45) is 0.961. The third-order valence-corrected chi connectivity index (χ3v) is 4.96. The molecule has 21 heavy (non-hydrogen) atoms. The van der Waals surface area contributed by atoms with E-state index in [4.69, 9.17) is 9.47 Å². The third-order valence-electron chi connectivity index (χ3n) is 3.62. The maximum atomic E-state index is 12.5. The van der Waals surface area contributed by atoms with Crippen LogP contribution in [-0.2, 0) is 19.8 Å². The smallest absolute Gasteiger partial charge is 0.331 e. The van der Waals surface area contributed by atoms with Gasteiger partial charge < -0.3 is 9.47 Å². The highest BCUT2D eigenvalue weighted by atomic mass is 32.2. The van der Waals surface area contributed by atoms with E-state index < -0.39 is 5.54 Å². The minimum atomic E-state index is -0.785. The van der Waals surface area contributed by atoms with Crippen LogP contribution in [-0.4, -0.2) is 43.8 Å². The van der Waals surface area contributed by atoms with Gasteiger partial charge in [-0.2, -0.15) is 11.8 Å². The molecule has 1 aromatic rings. The van der Waals surface area contributed by atoms with Crippen molar-refractivity contribution in [3.05, 3.63) is 35.9 Å². The zero-order chi connectivity index (χ0) is 15.1. The molecule has 0 amide bonds. The molecule has 1 unspecified atom stereocenters. The average molecular weight is 309 g/mol. The zero-order valence-corrected chi connectivity index (χ0v) is 13.4. The van der Waals surface area contributed by atoms with Crippen LogP contribution in [0.1, 0.15) is 18.9 Å². The molecule has 0 radical (unpaired) electrons. The largest absolute Gasteiger partial charge is 0.467 e. The Labute approximate surface area is 130 Å². The van der Waals surface area contributed by atoms with E-state index in [1.807, 2.05) is 30.3 Å². The van der Waals surface area contributed by atoms with Crippen LogP contribution in [0.15, 0.2) is 30.3 Å². The minimum absolute atomic E-state index is 0.227. The van der Waals surface area contributed by atoms with Crippen molar-refractivity contribution in [3.63, 3.8) is 0 Å². The van der Waals surface area contributed by atoms with E-state index in [9.17, 15) is 4.79 Å². The van der Waals surface area contributed by atoms with Crippen molar-refractivity contribution in [1.29, 1.82) is 0 Å². The Morgan fingerprint density at radius 3 is 2.67 bits per heavy atom. The first-order valence-corrected chi connectivity index (χ1v) is 8.36. The van der Waals surface area contributed by atoms with Crippen LogP contribution in [0.4, 0.5) is 0 Å². The highest BCUT2D eigenvalue weighted by molar-refractivity contribution is 8.00. The number of carbonyl (C=O) groups excluding carboxylic acids is 1. The van der Waals surface area contributed by atoms with Gasteiger partial charge in [0, 0.05) is 5.75 Å². The molecular weight excluding hydrogens is 286 g/mol. The van der Waals surface area contributed by atoms with Gasteiger partial charge in [-0.15, -0.1) is 0 Å². The first-order chi connectivity index (χ1) is 10.2. The molecule has 0 aliphatic carbocycles. The number of hydrogen-bond acceptors (Lipinski definition) is 5. The van der Waals surface area contributed by atoms with E-state index in [-0.39, 0.29) is 5.97 Å². The molecule has 1 heterocycles. The summed E-state index contributed by atoms with van der Waals surface area (Å²) in [5.41, 5.74) is 0.171. The number of ether oxygens (including phenoxy) is 2.